The number of carbonyl (C=O) groups is 4. The summed E-state index contributed by atoms with van der Waals surface area (Å²) in [6, 6.07) is 7.03. The molecular formula is C30H39N9O6. The van der Waals surface area contributed by atoms with Gasteiger partial charge in [-0.25, -0.2) is 9.78 Å². The number of hydrogen-bond acceptors (Lipinski definition) is 10. The number of hydrogen-bond donors (Lipinski definition) is 2. The van der Waals surface area contributed by atoms with Crippen LogP contribution < -0.4 is 10.1 Å². The maximum absolute atomic E-state index is 13.2. The van der Waals surface area contributed by atoms with Crippen LogP contribution in [0.15, 0.2) is 24.3 Å². The fourth-order valence-electron chi connectivity index (χ4n) is 5.51. The lowest BCUT2D eigenvalue weighted by Crippen LogP contribution is -2.52. The number of tetrazole rings is 1. The van der Waals surface area contributed by atoms with Crippen LogP contribution in [0.4, 0.5) is 4.79 Å². The Balaban J connectivity index is 1.18. The molecule has 5 rings (SSSR count). The van der Waals surface area contributed by atoms with Crippen LogP contribution in [0.1, 0.15) is 54.5 Å². The third-order valence-electron chi connectivity index (χ3n) is 8.03. The van der Waals surface area contributed by atoms with Gasteiger partial charge >= 0.3 is 6.09 Å². The second-order valence-electron chi connectivity index (χ2n) is 11.2. The third-order valence-corrected chi connectivity index (χ3v) is 8.03. The molecule has 2 saturated heterocycles. The van der Waals surface area contributed by atoms with Gasteiger partial charge in [-0.2, -0.15) is 5.21 Å². The number of nitrogens with one attached hydrogen (secondary N) is 2. The van der Waals surface area contributed by atoms with E-state index in [1.807, 2.05) is 32.0 Å². The number of nitrogens with zero attached hydrogens (tertiary/aromatic N) is 7. The molecule has 15 nitrogen and oxygen atoms in total. The number of aryl methyl sites for hydroxylation is 1. The molecule has 0 bridgehead atoms. The van der Waals surface area contributed by atoms with Crippen molar-refractivity contribution >= 4 is 34.7 Å². The number of pyridine rings is 1. The Kier molecular flexibility index (Phi) is 10.4. The molecule has 4 amide bonds. The molecule has 45 heavy (non-hydrogen) atoms. The van der Waals surface area contributed by atoms with E-state index in [0.29, 0.717) is 68.2 Å². The van der Waals surface area contributed by atoms with Crippen molar-refractivity contribution in [2.24, 2.45) is 0 Å². The highest BCUT2D eigenvalue weighted by atomic mass is 16.6. The number of carbonyl (C=O) groups excluding carboxylic acids is 4. The summed E-state index contributed by atoms with van der Waals surface area (Å²) in [4.78, 5) is 60.9. The Morgan fingerprint density at radius 2 is 1.84 bits per heavy atom. The SMILES string of the molecule is CCCCOC(=O)N1CCN(C(=O)CNC(=O)c2cc(OCC(=O)N3CCCC3Cc3nn[nH]n3)c3ccc(C)cc3n2)CC1. The van der Waals surface area contributed by atoms with Crippen LogP contribution in [0.3, 0.4) is 0 Å². The molecule has 2 aliphatic heterocycles. The summed E-state index contributed by atoms with van der Waals surface area (Å²) < 4.78 is 11.3. The van der Waals surface area contributed by atoms with E-state index in [1.54, 1.807) is 14.7 Å². The Morgan fingerprint density at radius 1 is 1.04 bits per heavy atom. The van der Waals surface area contributed by atoms with Crippen LogP contribution in [-0.4, -0.2) is 123 Å². The fourth-order valence-corrected chi connectivity index (χ4v) is 5.51. The molecule has 240 valence electrons. The monoisotopic (exact) mass is 621 g/mol. The minimum Gasteiger partial charge on any atom is -0.483 e. The first kappa shape index (κ1) is 31.6. The molecule has 0 radical (unpaired) electrons. The van der Waals surface area contributed by atoms with Gasteiger partial charge in [-0.1, -0.05) is 24.6 Å². The topological polar surface area (TPSA) is 176 Å². The summed E-state index contributed by atoms with van der Waals surface area (Å²) >= 11 is 0. The molecule has 15 heteroatoms. The van der Waals surface area contributed by atoms with Gasteiger partial charge in [0.25, 0.3) is 11.8 Å². The van der Waals surface area contributed by atoms with Gasteiger partial charge in [0, 0.05) is 56.6 Å². The molecule has 2 N–H and O–H groups in total. The van der Waals surface area contributed by atoms with E-state index in [2.05, 4.69) is 30.9 Å². The number of aromatic amines is 1. The quantitative estimate of drug-likeness (QED) is 0.298. The van der Waals surface area contributed by atoms with Crippen molar-refractivity contribution in [3.63, 3.8) is 0 Å². The average Bonchev–Trinajstić information content (AvgIpc) is 3.74. The van der Waals surface area contributed by atoms with Gasteiger partial charge in [0.2, 0.25) is 5.91 Å². The van der Waals surface area contributed by atoms with Gasteiger partial charge in [0.05, 0.1) is 18.7 Å². The molecule has 2 fully saturated rings. The minimum absolute atomic E-state index is 0.0444. The van der Waals surface area contributed by atoms with Gasteiger partial charge < -0.3 is 29.5 Å². The Morgan fingerprint density at radius 3 is 2.60 bits per heavy atom. The molecule has 2 aliphatic rings. The van der Waals surface area contributed by atoms with Gasteiger partial charge in [0.15, 0.2) is 12.4 Å². The van der Waals surface area contributed by atoms with Crippen LogP contribution in [0.5, 0.6) is 5.75 Å². The standard InChI is InChI=1S/C30H39N9O6/c1-3-4-14-44-30(43)38-12-10-37(11-13-38)27(40)18-31-29(42)24-17-25(22-8-7-20(2)15-23(22)32-24)45-19-28(41)39-9-5-6-21(39)16-26-33-35-36-34-26/h7-8,15,17,21H,3-6,9-14,16,18-19H2,1-2H3,(H,31,42)(H,33,34,35,36). The number of H-pyrrole nitrogens is 1. The van der Waals surface area contributed by atoms with Gasteiger partial charge in [-0.05, 0) is 43.9 Å². The fraction of sp³-hybridized carbons (Fsp3) is 0.533. The normalized spacial score (nSPS) is 16.6. The van der Waals surface area contributed by atoms with E-state index in [0.717, 1.165) is 31.2 Å². The molecule has 4 heterocycles. The highest BCUT2D eigenvalue weighted by Gasteiger charge is 2.30. The van der Waals surface area contributed by atoms with E-state index in [-0.39, 0.29) is 42.8 Å². The average molecular weight is 622 g/mol. The maximum Gasteiger partial charge on any atom is 0.409 e. The minimum atomic E-state index is -0.541. The summed E-state index contributed by atoms with van der Waals surface area (Å²) in [6.45, 7) is 5.93. The van der Waals surface area contributed by atoms with Crippen molar-refractivity contribution in [3.8, 4) is 5.75 Å². The van der Waals surface area contributed by atoms with Gasteiger partial charge in [0.1, 0.15) is 11.4 Å². The van der Waals surface area contributed by atoms with E-state index in [4.69, 9.17) is 9.47 Å². The second kappa shape index (κ2) is 14.8. The van der Waals surface area contributed by atoms with Crippen molar-refractivity contribution in [2.45, 2.75) is 52.0 Å². The zero-order chi connectivity index (χ0) is 31.8. The van der Waals surface area contributed by atoms with Crippen LogP contribution >= 0.6 is 0 Å². The molecule has 0 spiro atoms. The predicted octanol–water partition coefficient (Wildman–Crippen LogP) is 1.48. The highest BCUT2D eigenvalue weighted by Crippen LogP contribution is 2.27. The smallest absolute Gasteiger partial charge is 0.409 e. The Labute approximate surface area is 260 Å². The molecule has 1 unspecified atom stereocenters. The van der Waals surface area contributed by atoms with Crippen molar-refractivity contribution < 1.29 is 28.7 Å². The molecular weight excluding hydrogens is 582 g/mol. The van der Waals surface area contributed by atoms with Crippen LogP contribution in [-0.2, 0) is 20.7 Å². The number of rotatable bonds is 11. The zero-order valence-corrected chi connectivity index (χ0v) is 25.7. The van der Waals surface area contributed by atoms with E-state index in [1.165, 1.54) is 6.07 Å². The van der Waals surface area contributed by atoms with Crippen LogP contribution in [0.2, 0.25) is 0 Å². The summed E-state index contributed by atoms with van der Waals surface area (Å²) in [6.07, 6.45) is 3.59. The summed E-state index contributed by atoms with van der Waals surface area (Å²) in [5.74, 6) is -0.0810. The van der Waals surface area contributed by atoms with Gasteiger partial charge in [-0.3, -0.25) is 14.4 Å². The van der Waals surface area contributed by atoms with Crippen molar-refractivity contribution in [3.05, 3.63) is 41.3 Å². The summed E-state index contributed by atoms with van der Waals surface area (Å²) in [5.41, 5.74) is 1.55. The predicted molar refractivity (Wildman–Crippen MR) is 161 cm³/mol. The number of fused-ring (bicyclic) bond motifs is 1. The Hall–Kier alpha value is -4.82. The molecule has 2 aromatic heterocycles. The van der Waals surface area contributed by atoms with Crippen molar-refractivity contribution in [1.82, 2.24) is 45.6 Å². The lowest BCUT2D eigenvalue weighted by Gasteiger charge is -2.34. The number of benzene rings is 1. The van der Waals surface area contributed by atoms with Gasteiger partial charge in [-0.15, -0.1) is 10.2 Å². The van der Waals surface area contributed by atoms with Crippen molar-refractivity contribution in [1.29, 1.82) is 0 Å². The molecule has 0 saturated carbocycles. The third kappa shape index (κ3) is 8.02. The Bertz CT molecular complexity index is 1510. The van der Waals surface area contributed by atoms with Crippen molar-refractivity contribution in [2.75, 3.05) is 52.5 Å². The van der Waals surface area contributed by atoms with E-state index >= 15 is 0 Å². The first-order chi connectivity index (χ1) is 21.8. The van der Waals surface area contributed by atoms with E-state index in [9.17, 15) is 19.2 Å². The lowest BCUT2D eigenvalue weighted by atomic mass is 10.1. The number of unbranched alkanes of at least 4 members (excludes halogenated alkanes) is 1. The van der Waals surface area contributed by atoms with E-state index < -0.39 is 5.91 Å². The second-order valence-corrected chi connectivity index (χ2v) is 11.2. The van der Waals surface area contributed by atoms with Crippen LogP contribution in [0.25, 0.3) is 10.9 Å². The first-order valence-corrected chi connectivity index (χ1v) is 15.4. The first-order valence-electron chi connectivity index (χ1n) is 15.4. The highest BCUT2D eigenvalue weighted by molar-refractivity contribution is 5.98. The number of ether oxygens (including phenoxy) is 2. The molecule has 1 aromatic carbocycles. The van der Waals surface area contributed by atoms with Crippen LogP contribution in [0, 0.1) is 6.92 Å². The summed E-state index contributed by atoms with van der Waals surface area (Å²) in [5, 5.41) is 17.4. The number of likely N-dealkylation sites (tertiary alicyclic amines) is 1. The summed E-state index contributed by atoms with van der Waals surface area (Å²) in [7, 11) is 0. The number of amides is 4. The number of aromatic nitrogens is 5. The largest absolute Gasteiger partial charge is 0.483 e. The zero-order valence-electron chi connectivity index (χ0n) is 25.7. The maximum atomic E-state index is 13.2. The molecule has 0 aliphatic carbocycles. The number of piperazine rings is 1. The molecule has 1 atom stereocenters. The molecule has 3 aromatic rings. The lowest BCUT2D eigenvalue weighted by molar-refractivity contribution is -0.134.